The predicted octanol–water partition coefficient (Wildman–Crippen LogP) is 3.26. The Balaban J connectivity index is 1.17. The Hall–Kier alpha value is -3.08. The van der Waals surface area contributed by atoms with Crippen molar-refractivity contribution in [1.29, 1.82) is 0 Å². The standard InChI is InChI=1S/C24H30F2N4O5/c1-15-12-17(5-6-18(15)21(32)27-19-13-33-14-20(19)31)34-11-3-4-16-7-9-30(10-8-16)23-28-22(35-29-23)24(2,25)26/h5-6,12,16,19H,3-4,7-11,13-14H2,1-2H3,(H,27,32)/t19-/m1/s1. The van der Waals surface area contributed by atoms with E-state index in [0.717, 1.165) is 38.2 Å². The van der Waals surface area contributed by atoms with Crippen molar-refractivity contribution in [1.82, 2.24) is 15.5 Å². The molecule has 2 aromatic rings. The van der Waals surface area contributed by atoms with E-state index in [1.807, 2.05) is 17.9 Å². The highest BCUT2D eigenvalue weighted by Gasteiger charge is 2.33. The van der Waals surface area contributed by atoms with E-state index < -0.39 is 17.9 Å². The molecule has 35 heavy (non-hydrogen) atoms. The molecule has 2 fully saturated rings. The van der Waals surface area contributed by atoms with E-state index in [9.17, 15) is 18.4 Å². The lowest BCUT2D eigenvalue weighted by Crippen LogP contribution is -2.40. The average Bonchev–Trinajstić information content (AvgIpc) is 3.47. The Morgan fingerprint density at radius 1 is 1.31 bits per heavy atom. The Kier molecular flexibility index (Phi) is 7.63. The van der Waals surface area contributed by atoms with Crippen LogP contribution in [0.5, 0.6) is 5.75 Å². The van der Waals surface area contributed by atoms with Crippen LogP contribution >= 0.6 is 0 Å². The summed E-state index contributed by atoms with van der Waals surface area (Å²) in [5.74, 6) is -2.79. The van der Waals surface area contributed by atoms with Crippen molar-refractivity contribution >= 4 is 17.6 Å². The number of nitrogens with one attached hydrogen (secondary N) is 1. The molecular formula is C24H30F2N4O5. The highest BCUT2D eigenvalue weighted by molar-refractivity contribution is 5.99. The maximum Gasteiger partial charge on any atom is 0.322 e. The van der Waals surface area contributed by atoms with Gasteiger partial charge in [0.15, 0.2) is 5.78 Å². The summed E-state index contributed by atoms with van der Waals surface area (Å²) < 4.78 is 42.2. The SMILES string of the molecule is Cc1cc(OCCCC2CCN(c3noc(C(C)(F)F)n3)CC2)ccc1C(=O)N[C@@H]1COCC1=O. The maximum absolute atomic E-state index is 13.3. The van der Waals surface area contributed by atoms with Gasteiger partial charge in [-0.2, -0.15) is 13.8 Å². The molecule has 3 heterocycles. The number of aryl methyl sites for hydroxylation is 1. The van der Waals surface area contributed by atoms with Crippen LogP contribution in [0.4, 0.5) is 14.7 Å². The lowest BCUT2D eigenvalue weighted by Gasteiger charge is -2.30. The first kappa shape index (κ1) is 25.0. The van der Waals surface area contributed by atoms with Gasteiger partial charge in [0.2, 0.25) is 0 Å². The highest BCUT2D eigenvalue weighted by Crippen LogP contribution is 2.29. The van der Waals surface area contributed by atoms with Crippen LogP contribution < -0.4 is 15.0 Å². The predicted molar refractivity (Wildman–Crippen MR) is 122 cm³/mol. The van der Waals surface area contributed by atoms with Gasteiger partial charge >= 0.3 is 5.92 Å². The number of carbonyl (C=O) groups is 2. The fourth-order valence-corrected chi connectivity index (χ4v) is 4.32. The molecule has 0 spiro atoms. The minimum atomic E-state index is -3.14. The normalized spacial score (nSPS) is 19.3. The second-order valence-electron chi connectivity index (χ2n) is 9.19. The number of ketones is 1. The van der Waals surface area contributed by atoms with Gasteiger partial charge in [0.25, 0.3) is 17.7 Å². The maximum atomic E-state index is 13.3. The Morgan fingerprint density at radius 3 is 2.71 bits per heavy atom. The van der Waals surface area contributed by atoms with Gasteiger partial charge in [-0.25, -0.2) is 0 Å². The molecule has 0 bridgehead atoms. The van der Waals surface area contributed by atoms with Crippen molar-refractivity contribution in [2.75, 3.05) is 37.8 Å². The van der Waals surface area contributed by atoms with Crippen LogP contribution in [0.2, 0.25) is 0 Å². The molecule has 2 aliphatic heterocycles. The molecular weight excluding hydrogens is 462 g/mol. The number of rotatable bonds is 9. The van der Waals surface area contributed by atoms with Crippen LogP contribution in [0.3, 0.4) is 0 Å². The number of alkyl halides is 2. The van der Waals surface area contributed by atoms with Crippen molar-refractivity contribution in [3.05, 3.63) is 35.2 Å². The van der Waals surface area contributed by atoms with Crippen molar-refractivity contribution in [2.24, 2.45) is 5.92 Å². The Labute approximate surface area is 202 Å². The number of benzene rings is 1. The third kappa shape index (κ3) is 6.33. The molecule has 2 saturated heterocycles. The quantitative estimate of drug-likeness (QED) is 0.532. The summed E-state index contributed by atoms with van der Waals surface area (Å²) in [6.07, 6.45) is 3.72. The summed E-state index contributed by atoms with van der Waals surface area (Å²) in [6, 6.07) is 4.69. The van der Waals surface area contributed by atoms with Crippen molar-refractivity contribution < 1.29 is 32.4 Å². The first-order chi connectivity index (χ1) is 16.7. The zero-order valence-corrected chi connectivity index (χ0v) is 19.9. The van der Waals surface area contributed by atoms with Gasteiger partial charge in [0.1, 0.15) is 18.4 Å². The van der Waals surface area contributed by atoms with Gasteiger partial charge in [-0.1, -0.05) is 0 Å². The fourth-order valence-electron chi connectivity index (χ4n) is 4.32. The molecule has 1 amide bonds. The number of carbonyl (C=O) groups excluding carboxylic acids is 2. The molecule has 0 unspecified atom stereocenters. The van der Waals surface area contributed by atoms with Crippen molar-refractivity contribution in [3.8, 4) is 5.75 Å². The number of halogens is 2. The smallest absolute Gasteiger partial charge is 0.322 e. The number of piperidine rings is 1. The summed E-state index contributed by atoms with van der Waals surface area (Å²) >= 11 is 0. The summed E-state index contributed by atoms with van der Waals surface area (Å²) in [7, 11) is 0. The van der Waals surface area contributed by atoms with Gasteiger partial charge in [-0.15, -0.1) is 0 Å². The third-order valence-corrected chi connectivity index (χ3v) is 6.38. The molecule has 2 aliphatic rings. The Bertz CT molecular complexity index is 1050. The average molecular weight is 493 g/mol. The molecule has 1 N–H and O–H groups in total. The first-order valence-electron chi connectivity index (χ1n) is 11.8. The molecule has 0 aliphatic carbocycles. The number of nitrogens with zero attached hydrogens (tertiary/aromatic N) is 3. The molecule has 0 saturated carbocycles. The molecule has 1 aromatic carbocycles. The number of amides is 1. The minimum absolute atomic E-state index is 0.0376. The van der Waals surface area contributed by atoms with Gasteiger partial charge in [0.05, 0.1) is 13.2 Å². The van der Waals surface area contributed by atoms with E-state index in [1.165, 1.54) is 0 Å². The molecule has 4 rings (SSSR count). The van der Waals surface area contributed by atoms with Crippen molar-refractivity contribution in [3.63, 3.8) is 0 Å². The van der Waals surface area contributed by atoms with Crippen LogP contribution in [0.15, 0.2) is 22.7 Å². The first-order valence-corrected chi connectivity index (χ1v) is 11.8. The molecule has 9 nitrogen and oxygen atoms in total. The largest absolute Gasteiger partial charge is 0.494 e. The lowest BCUT2D eigenvalue weighted by atomic mass is 9.92. The molecule has 0 radical (unpaired) electrons. The van der Waals surface area contributed by atoms with Gasteiger partial charge in [0, 0.05) is 25.6 Å². The second-order valence-corrected chi connectivity index (χ2v) is 9.19. The van der Waals surface area contributed by atoms with Crippen LogP contribution in [0.1, 0.15) is 54.4 Å². The molecule has 11 heteroatoms. The van der Waals surface area contributed by atoms with E-state index in [2.05, 4.69) is 20.0 Å². The number of ether oxygens (including phenoxy) is 2. The number of Topliss-reactive ketones (excluding diaryl/α,β-unsaturated/α-hetero) is 1. The summed E-state index contributed by atoms with van der Waals surface area (Å²) in [6.45, 7) is 4.76. The van der Waals surface area contributed by atoms with Crippen LogP contribution in [-0.4, -0.2) is 60.8 Å². The number of aromatic nitrogens is 2. The Morgan fingerprint density at radius 2 is 2.09 bits per heavy atom. The lowest BCUT2D eigenvalue weighted by molar-refractivity contribution is -0.119. The zero-order chi connectivity index (χ0) is 25.0. The molecule has 1 aromatic heterocycles. The number of hydrogen-bond acceptors (Lipinski definition) is 8. The van der Waals surface area contributed by atoms with Gasteiger partial charge in [-0.3, -0.25) is 9.59 Å². The van der Waals surface area contributed by atoms with E-state index >= 15 is 0 Å². The fraction of sp³-hybridized carbons (Fsp3) is 0.583. The highest BCUT2D eigenvalue weighted by atomic mass is 19.3. The van der Waals surface area contributed by atoms with Gasteiger partial charge < -0.3 is 24.2 Å². The van der Waals surface area contributed by atoms with Crippen LogP contribution in [0.25, 0.3) is 0 Å². The van der Waals surface area contributed by atoms with Crippen LogP contribution in [-0.2, 0) is 15.5 Å². The minimum Gasteiger partial charge on any atom is -0.494 e. The number of hydrogen-bond donors (Lipinski definition) is 1. The van der Waals surface area contributed by atoms with E-state index in [0.29, 0.717) is 36.9 Å². The van der Waals surface area contributed by atoms with E-state index in [4.69, 9.17) is 9.47 Å². The number of anilines is 1. The van der Waals surface area contributed by atoms with E-state index in [1.54, 1.807) is 12.1 Å². The van der Waals surface area contributed by atoms with E-state index in [-0.39, 0.29) is 30.9 Å². The summed E-state index contributed by atoms with van der Waals surface area (Å²) in [4.78, 5) is 29.8. The second kappa shape index (κ2) is 10.7. The van der Waals surface area contributed by atoms with Crippen LogP contribution in [0, 0.1) is 12.8 Å². The summed E-state index contributed by atoms with van der Waals surface area (Å²) in [5, 5.41) is 6.40. The van der Waals surface area contributed by atoms with Crippen molar-refractivity contribution in [2.45, 2.75) is 51.5 Å². The topological polar surface area (TPSA) is 107 Å². The van der Waals surface area contributed by atoms with Gasteiger partial charge in [-0.05, 0) is 67.4 Å². The zero-order valence-electron chi connectivity index (χ0n) is 19.9. The molecule has 1 atom stereocenters. The summed E-state index contributed by atoms with van der Waals surface area (Å²) in [5.41, 5.74) is 1.27. The third-order valence-electron chi connectivity index (χ3n) is 6.38. The molecule has 190 valence electrons. The monoisotopic (exact) mass is 492 g/mol.